The summed E-state index contributed by atoms with van der Waals surface area (Å²) in [5.41, 5.74) is 0.468. The first-order valence-electron chi connectivity index (χ1n) is 7.95. The molecule has 3 rings (SSSR count). The minimum atomic E-state index is -1.00. The lowest BCUT2D eigenvalue weighted by Crippen LogP contribution is -2.43. The summed E-state index contributed by atoms with van der Waals surface area (Å²) < 4.78 is 11.0. The molecule has 2 N–H and O–H groups in total. The van der Waals surface area contributed by atoms with Gasteiger partial charge in [-0.2, -0.15) is 0 Å². The number of carboxylic acids is 1. The van der Waals surface area contributed by atoms with Crippen LogP contribution < -0.4 is 5.32 Å². The van der Waals surface area contributed by atoms with Gasteiger partial charge in [0.15, 0.2) is 0 Å². The quantitative estimate of drug-likeness (QED) is 0.864. The van der Waals surface area contributed by atoms with Gasteiger partial charge < -0.3 is 19.9 Å². The van der Waals surface area contributed by atoms with Crippen LogP contribution in [0, 0.1) is 5.92 Å². The molecule has 6 nitrogen and oxygen atoms in total. The molecule has 0 radical (unpaired) electrons. The van der Waals surface area contributed by atoms with E-state index in [2.05, 4.69) is 5.32 Å². The molecule has 23 heavy (non-hydrogen) atoms. The Hall–Kier alpha value is -1.92. The molecule has 1 aromatic rings. The van der Waals surface area contributed by atoms with Crippen molar-refractivity contribution in [3.63, 3.8) is 0 Å². The molecule has 0 bridgehead atoms. The summed E-state index contributed by atoms with van der Waals surface area (Å²) in [6.45, 7) is 0.329. The molecule has 0 spiro atoms. The van der Waals surface area contributed by atoms with Crippen molar-refractivity contribution in [3.05, 3.63) is 35.9 Å². The molecule has 1 saturated carbocycles. The second-order valence-electron chi connectivity index (χ2n) is 6.17. The highest BCUT2D eigenvalue weighted by molar-refractivity contribution is 5.96. The van der Waals surface area contributed by atoms with Gasteiger partial charge in [0.1, 0.15) is 12.8 Å². The lowest BCUT2D eigenvalue weighted by atomic mass is 9.81. The van der Waals surface area contributed by atoms with Gasteiger partial charge in [0, 0.05) is 5.56 Å². The Morgan fingerprint density at radius 3 is 2.65 bits per heavy atom. The smallest absolute Gasteiger partial charge is 0.326 e. The molecule has 4 unspecified atom stereocenters. The summed E-state index contributed by atoms with van der Waals surface area (Å²) in [5, 5.41) is 12.0. The van der Waals surface area contributed by atoms with Crippen molar-refractivity contribution in [2.24, 2.45) is 5.92 Å². The first-order chi connectivity index (χ1) is 11.1. The zero-order valence-corrected chi connectivity index (χ0v) is 12.8. The molecule has 1 heterocycles. The lowest BCUT2D eigenvalue weighted by Gasteiger charge is -2.31. The number of hydrogen-bond acceptors (Lipinski definition) is 4. The molecule has 1 aliphatic heterocycles. The van der Waals surface area contributed by atoms with E-state index in [1.807, 2.05) is 6.07 Å². The Labute approximate surface area is 134 Å². The van der Waals surface area contributed by atoms with Crippen molar-refractivity contribution < 1.29 is 24.2 Å². The van der Waals surface area contributed by atoms with E-state index >= 15 is 0 Å². The second-order valence-corrected chi connectivity index (χ2v) is 6.17. The molecule has 4 atom stereocenters. The Kier molecular flexibility index (Phi) is 4.93. The summed E-state index contributed by atoms with van der Waals surface area (Å²) in [6.07, 6.45) is 3.20. The Bertz CT molecular complexity index is 561. The van der Waals surface area contributed by atoms with Crippen molar-refractivity contribution in [1.82, 2.24) is 5.32 Å². The highest BCUT2D eigenvalue weighted by Gasteiger charge is 2.37. The SMILES string of the molecule is O=C(NC(CC1CCC2OCOC2C1)C(=O)O)c1ccccc1. The fourth-order valence-corrected chi connectivity index (χ4v) is 3.36. The van der Waals surface area contributed by atoms with Gasteiger partial charge in [-0.25, -0.2) is 4.79 Å². The van der Waals surface area contributed by atoms with Crippen molar-refractivity contribution in [3.8, 4) is 0 Å². The standard InChI is InChI=1S/C17H21NO5/c19-16(12-4-2-1-3-5-12)18-13(17(20)21)8-11-6-7-14-15(9-11)23-10-22-14/h1-5,11,13-15H,6-10H2,(H,18,19)(H,20,21). The zero-order chi connectivity index (χ0) is 16.2. The Morgan fingerprint density at radius 1 is 1.17 bits per heavy atom. The van der Waals surface area contributed by atoms with E-state index in [1.54, 1.807) is 24.3 Å². The van der Waals surface area contributed by atoms with Gasteiger partial charge in [-0.1, -0.05) is 18.2 Å². The first-order valence-corrected chi connectivity index (χ1v) is 7.95. The maximum Gasteiger partial charge on any atom is 0.326 e. The fourth-order valence-electron chi connectivity index (χ4n) is 3.36. The molecule has 2 aliphatic rings. The van der Waals surface area contributed by atoms with Crippen LogP contribution in [-0.4, -0.2) is 42.0 Å². The Morgan fingerprint density at radius 2 is 1.91 bits per heavy atom. The average molecular weight is 319 g/mol. The third-order valence-corrected chi connectivity index (χ3v) is 4.61. The van der Waals surface area contributed by atoms with Crippen molar-refractivity contribution in [1.29, 1.82) is 0 Å². The second kappa shape index (κ2) is 7.10. The predicted molar refractivity (Wildman–Crippen MR) is 81.9 cm³/mol. The Balaban J connectivity index is 1.59. The van der Waals surface area contributed by atoms with E-state index in [4.69, 9.17) is 9.47 Å². The number of ether oxygens (including phenoxy) is 2. The average Bonchev–Trinajstić information content (AvgIpc) is 3.02. The van der Waals surface area contributed by atoms with Gasteiger partial charge in [0.25, 0.3) is 5.91 Å². The maximum absolute atomic E-state index is 12.2. The van der Waals surface area contributed by atoms with Gasteiger partial charge in [0.05, 0.1) is 12.2 Å². The third kappa shape index (κ3) is 3.89. The molecule has 1 aliphatic carbocycles. The van der Waals surface area contributed by atoms with Crippen LogP contribution in [0.4, 0.5) is 0 Å². The number of benzene rings is 1. The summed E-state index contributed by atoms with van der Waals surface area (Å²) in [5.74, 6) is -1.14. The number of carboxylic acid groups (broad SMARTS) is 1. The van der Waals surface area contributed by atoms with Gasteiger partial charge in [-0.15, -0.1) is 0 Å². The summed E-state index contributed by atoms with van der Waals surface area (Å²) in [7, 11) is 0. The molecule has 1 amide bonds. The van der Waals surface area contributed by atoms with Gasteiger partial charge in [-0.3, -0.25) is 4.79 Å². The van der Waals surface area contributed by atoms with Crippen LogP contribution in [0.25, 0.3) is 0 Å². The van der Waals surface area contributed by atoms with Crippen LogP contribution in [0.1, 0.15) is 36.0 Å². The van der Waals surface area contributed by atoms with E-state index in [0.717, 1.165) is 19.3 Å². The molecule has 124 valence electrons. The van der Waals surface area contributed by atoms with E-state index in [9.17, 15) is 14.7 Å². The molecule has 6 heteroatoms. The highest BCUT2D eigenvalue weighted by Crippen LogP contribution is 2.34. The van der Waals surface area contributed by atoms with Crippen LogP contribution in [0.3, 0.4) is 0 Å². The molecular weight excluding hydrogens is 298 g/mol. The number of fused-ring (bicyclic) bond motifs is 1. The molecule has 0 aromatic heterocycles. The van der Waals surface area contributed by atoms with Crippen LogP contribution in [0.2, 0.25) is 0 Å². The predicted octanol–water partition coefficient (Wildman–Crippen LogP) is 1.80. The van der Waals surface area contributed by atoms with Crippen molar-refractivity contribution in [2.75, 3.05) is 6.79 Å². The van der Waals surface area contributed by atoms with E-state index < -0.39 is 12.0 Å². The number of rotatable bonds is 5. The number of amides is 1. The summed E-state index contributed by atoms with van der Waals surface area (Å²) in [4.78, 5) is 23.7. The lowest BCUT2D eigenvalue weighted by molar-refractivity contribution is -0.139. The number of aliphatic carboxylic acids is 1. The molecule has 2 fully saturated rings. The fraction of sp³-hybridized carbons (Fsp3) is 0.529. The molecule has 1 saturated heterocycles. The monoisotopic (exact) mass is 319 g/mol. The summed E-state index contributed by atoms with van der Waals surface area (Å²) in [6, 6.07) is 7.78. The van der Waals surface area contributed by atoms with Crippen molar-refractivity contribution >= 4 is 11.9 Å². The number of nitrogens with one attached hydrogen (secondary N) is 1. The van der Waals surface area contributed by atoms with Crippen molar-refractivity contribution in [2.45, 2.75) is 43.9 Å². The first kappa shape index (κ1) is 16.0. The maximum atomic E-state index is 12.2. The number of carbonyl (C=O) groups excluding carboxylic acids is 1. The van der Waals surface area contributed by atoms with E-state index in [0.29, 0.717) is 18.8 Å². The van der Waals surface area contributed by atoms with E-state index in [1.165, 1.54) is 0 Å². The van der Waals surface area contributed by atoms with Crippen LogP contribution in [0.5, 0.6) is 0 Å². The van der Waals surface area contributed by atoms with Crippen LogP contribution in [-0.2, 0) is 14.3 Å². The van der Waals surface area contributed by atoms with Gasteiger partial charge in [-0.05, 0) is 43.7 Å². The van der Waals surface area contributed by atoms with Crippen LogP contribution >= 0.6 is 0 Å². The highest BCUT2D eigenvalue weighted by atomic mass is 16.7. The van der Waals surface area contributed by atoms with Gasteiger partial charge in [0.2, 0.25) is 0 Å². The normalized spacial score (nSPS) is 27.9. The van der Waals surface area contributed by atoms with Gasteiger partial charge >= 0.3 is 5.97 Å². The third-order valence-electron chi connectivity index (χ3n) is 4.61. The molecule has 1 aromatic carbocycles. The minimum absolute atomic E-state index is 0.0630. The number of carbonyl (C=O) groups is 2. The minimum Gasteiger partial charge on any atom is -0.480 e. The van der Waals surface area contributed by atoms with E-state index in [-0.39, 0.29) is 24.0 Å². The largest absolute Gasteiger partial charge is 0.480 e. The molecular formula is C17H21NO5. The van der Waals surface area contributed by atoms with Crippen LogP contribution in [0.15, 0.2) is 30.3 Å². The summed E-state index contributed by atoms with van der Waals surface area (Å²) >= 11 is 0. The zero-order valence-electron chi connectivity index (χ0n) is 12.8. The topological polar surface area (TPSA) is 84.9 Å². The number of hydrogen-bond donors (Lipinski definition) is 2.